The van der Waals surface area contributed by atoms with Crippen molar-refractivity contribution in [2.75, 3.05) is 5.32 Å². The van der Waals surface area contributed by atoms with Crippen molar-refractivity contribution in [3.63, 3.8) is 0 Å². The number of hydrogen-bond acceptors (Lipinski definition) is 4. The Morgan fingerprint density at radius 1 is 1.11 bits per heavy atom. The van der Waals surface area contributed by atoms with Crippen LogP contribution in [0.5, 0.6) is 0 Å². The Morgan fingerprint density at radius 3 is 2.56 bits per heavy atom. The van der Waals surface area contributed by atoms with Crippen molar-refractivity contribution in [1.29, 1.82) is 0 Å². The Labute approximate surface area is 156 Å². The summed E-state index contributed by atoms with van der Waals surface area (Å²) in [5.41, 5.74) is 2.16. The van der Waals surface area contributed by atoms with E-state index in [1.807, 2.05) is 22.9 Å². The lowest BCUT2D eigenvalue weighted by atomic mass is 10.2. The summed E-state index contributed by atoms with van der Waals surface area (Å²) in [6.07, 6.45) is 8.85. The van der Waals surface area contributed by atoms with E-state index < -0.39 is 0 Å². The van der Waals surface area contributed by atoms with E-state index in [1.54, 1.807) is 43.0 Å². The Balaban J connectivity index is 1.31. The lowest BCUT2D eigenvalue weighted by molar-refractivity contribution is -0.117. The van der Waals surface area contributed by atoms with Crippen LogP contribution in [-0.2, 0) is 11.3 Å². The number of amides is 2. The van der Waals surface area contributed by atoms with Crippen LogP contribution in [0.15, 0.2) is 61.3 Å². The van der Waals surface area contributed by atoms with Crippen LogP contribution in [0.25, 0.3) is 5.82 Å². The molecule has 7 heteroatoms. The standard InChI is InChI=1S/C20H19N5O2/c26-19(15-4-6-17(7-5-15)24-20(27)16-2-3-16)23-12-14-1-8-18(22-11-14)25-10-9-21-13-25/h1,4-11,13,16H,2-3,12H2,(H,23,26)(H,24,27). The number of hydrogen-bond donors (Lipinski definition) is 2. The molecule has 0 atom stereocenters. The summed E-state index contributed by atoms with van der Waals surface area (Å²) in [6.45, 7) is 0.385. The number of aromatic nitrogens is 3. The molecule has 1 aliphatic rings. The minimum absolute atomic E-state index is 0.0545. The molecule has 2 heterocycles. The van der Waals surface area contributed by atoms with Crippen LogP contribution >= 0.6 is 0 Å². The molecule has 1 saturated carbocycles. The summed E-state index contributed by atoms with van der Waals surface area (Å²) >= 11 is 0. The summed E-state index contributed by atoms with van der Waals surface area (Å²) in [5, 5.41) is 5.73. The van der Waals surface area contributed by atoms with Crippen LogP contribution in [0.3, 0.4) is 0 Å². The van der Waals surface area contributed by atoms with E-state index in [4.69, 9.17) is 0 Å². The number of rotatable bonds is 6. The fraction of sp³-hybridized carbons (Fsp3) is 0.200. The molecule has 0 unspecified atom stereocenters. The van der Waals surface area contributed by atoms with Crippen LogP contribution in [0.2, 0.25) is 0 Å². The van der Waals surface area contributed by atoms with E-state index >= 15 is 0 Å². The van der Waals surface area contributed by atoms with Gasteiger partial charge < -0.3 is 10.6 Å². The van der Waals surface area contributed by atoms with Crippen molar-refractivity contribution in [3.05, 3.63) is 72.4 Å². The molecule has 0 spiro atoms. The van der Waals surface area contributed by atoms with Crippen molar-refractivity contribution < 1.29 is 9.59 Å². The molecule has 1 aromatic carbocycles. The molecule has 3 aromatic rings. The molecule has 0 radical (unpaired) electrons. The molecule has 27 heavy (non-hydrogen) atoms. The summed E-state index contributed by atoms with van der Waals surface area (Å²) in [4.78, 5) is 32.4. The zero-order valence-electron chi connectivity index (χ0n) is 14.6. The lowest BCUT2D eigenvalue weighted by Gasteiger charge is -2.08. The highest BCUT2D eigenvalue weighted by Crippen LogP contribution is 2.30. The quantitative estimate of drug-likeness (QED) is 0.706. The monoisotopic (exact) mass is 361 g/mol. The number of nitrogens with one attached hydrogen (secondary N) is 2. The normalized spacial score (nSPS) is 13.2. The Bertz CT molecular complexity index is 930. The number of carbonyl (C=O) groups is 2. The van der Waals surface area contributed by atoms with Crippen molar-refractivity contribution in [2.24, 2.45) is 5.92 Å². The third-order valence-corrected chi connectivity index (χ3v) is 4.39. The first-order valence-corrected chi connectivity index (χ1v) is 8.81. The Hall–Kier alpha value is -3.48. The smallest absolute Gasteiger partial charge is 0.251 e. The number of imidazole rings is 1. The zero-order valence-corrected chi connectivity index (χ0v) is 14.6. The predicted molar refractivity (Wildman–Crippen MR) is 100 cm³/mol. The van der Waals surface area contributed by atoms with Gasteiger partial charge in [0.15, 0.2) is 0 Å². The van der Waals surface area contributed by atoms with E-state index in [0.29, 0.717) is 17.8 Å². The van der Waals surface area contributed by atoms with Gasteiger partial charge in [0.05, 0.1) is 0 Å². The van der Waals surface area contributed by atoms with E-state index in [-0.39, 0.29) is 17.7 Å². The highest BCUT2D eigenvalue weighted by atomic mass is 16.2. The average Bonchev–Trinajstić information content (AvgIpc) is 3.42. The highest BCUT2D eigenvalue weighted by Gasteiger charge is 2.29. The first kappa shape index (κ1) is 17.0. The maximum Gasteiger partial charge on any atom is 0.251 e. The SMILES string of the molecule is O=C(NCc1ccc(-n2ccnc2)nc1)c1ccc(NC(=O)C2CC2)cc1. The largest absolute Gasteiger partial charge is 0.348 e. The second kappa shape index (κ2) is 7.41. The van der Waals surface area contributed by atoms with Crippen molar-refractivity contribution in [2.45, 2.75) is 19.4 Å². The molecule has 136 valence electrons. The molecular weight excluding hydrogens is 342 g/mol. The van der Waals surface area contributed by atoms with Gasteiger partial charge in [-0.25, -0.2) is 9.97 Å². The molecule has 4 rings (SSSR count). The predicted octanol–water partition coefficient (Wildman–Crippen LogP) is 2.55. The van der Waals surface area contributed by atoms with Gasteiger partial charge in [-0.3, -0.25) is 14.2 Å². The number of nitrogens with zero attached hydrogens (tertiary/aromatic N) is 3. The molecule has 0 bridgehead atoms. The second-order valence-electron chi connectivity index (χ2n) is 6.52. The second-order valence-corrected chi connectivity index (χ2v) is 6.52. The number of carbonyl (C=O) groups excluding carboxylic acids is 2. The molecule has 1 aliphatic carbocycles. The minimum Gasteiger partial charge on any atom is -0.348 e. The Kier molecular flexibility index (Phi) is 4.65. The first-order valence-electron chi connectivity index (χ1n) is 8.81. The van der Waals surface area contributed by atoms with E-state index in [9.17, 15) is 9.59 Å². The Morgan fingerprint density at radius 2 is 1.93 bits per heavy atom. The van der Waals surface area contributed by atoms with Gasteiger partial charge in [-0.2, -0.15) is 0 Å². The highest BCUT2D eigenvalue weighted by molar-refractivity contribution is 5.96. The van der Waals surface area contributed by atoms with Crippen LogP contribution in [0, 0.1) is 5.92 Å². The average molecular weight is 361 g/mol. The van der Waals surface area contributed by atoms with Gasteiger partial charge >= 0.3 is 0 Å². The first-order chi connectivity index (χ1) is 13.2. The molecule has 2 amide bonds. The fourth-order valence-corrected chi connectivity index (χ4v) is 2.65. The van der Waals surface area contributed by atoms with E-state index in [2.05, 4.69) is 20.6 Å². The molecular formula is C20H19N5O2. The van der Waals surface area contributed by atoms with E-state index in [1.165, 1.54) is 0 Å². The van der Waals surface area contributed by atoms with Crippen molar-refractivity contribution in [1.82, 2.24) is 19.9 Å². The lowest BCUT2D eigenvalue weighted by Crippen LogP contribution is -2.23. The minimum atomic E-state index is -0.172. The van der Waals surface area contributed by atoms with Crippen LogP contribution < -0.4 is 10.6 Å². The molecule has 2 aromatic heterocycles. The summed E-state index contributed by atoms with van der Waals surface area (Å²) < 4.78 is 1.81. The summed E-state index contributed by atoms with van der Waals surface area (Å²) in [5.74, 6) is 0.806. The van der Waals surface area contributed by atoms with Crippen LogP contribution in [-0.4, -0.2) is 26.3 Å². The van der Waals surface area contributed by atoms with Crippen molar-refractivity contribution >= 4 is 17.5 Å². The maximum atomic E-state index is 12.3. The third kappa shape index (κ3) is 4.20. The number of anilines is 1. The molecule has 1 fully saturated rings. The zero-order chi connectivity index (χ0) is 18.6. The van der Waals surface area contributed by atoms with Gasteiger partial charge in [-0.15, -0.1) is 0 Å². The molecule has 7 nitrogen and oxygen atoms in total. The molecule has 0 aliphatic heterocycles. The van der Waals surface area contributed by atoms with Gasteiger partial charge in [-0.05, 0) is 48.7 Å². The van der Waals surface area contributed by atoms with Gasteiger partial charge in [0.25, 0.3) is 5.91 Å². The van der Waals surface area contributed by atoms with Gasteiger partial charge in [0.2, 0.25) is 5.91 Å². The number of benzene rings is 1. The maximum absolute atomic E-state index is 12.3. The van der Waals surface area contributed by atoms with Gasteiger partial charge in [-0.1, -0.05) is 6.07 Å². The third-order valence-electron chi connectivity index (χ3n) is 4.39. The van der Waals surface area contributed by atoms with Crippen molar-refractivity contribution in [3.8, 4) is 5.82 Å². The summed E-state index contributed by atoms with van der Waals surface area (Å²) in [7, 11) is 0. The van der Waals surface area contributed by atoms with Gasteiger partial charge in [0, 0.05) is 42.3 Å². The van der Waals surface area contributed by atoms with E-state index in [0.717, 1.165) is 24.2 Å². The fourth-order valence-electron chi connectivity index (χ4n) is 2.65. The molecule has 2 N–H and O–H groups in total. The summed E-state index contributed by atoms with van der Waals surface area (Å²) in [6, 6.07) is 10.7. The topological polar surface area (TPSA) is 88.9 Å². The van der Waals surface area contributed by atoms with Gasteiger partial charge in [0.1, 0.15) is 12.1 Å². The van der Waals surface area contributed by atoms with Crippen LogP contribution in [0.1, 0.15) is 28.8 Å². The van der Waals surface area contributed by atoms with Crippen LogP contribution in [0.4, 0.5) is 5.69 Å². The number of pyridine rings is 1. The molecule has 0 saturated heterocycles.